The minimum atomic E-state index is -3.89. The van der Waals surface area contributed by atoms with Gasteiger partial charge in [-0.25, -0.2) is 8.42 Å². The van der Waals surface area contributed by atoms with Crippen LogP contribution in [0.5, 0.6) is 0 Å². The first-order valence-electron chi connectivity index (χ1n) is 8.78. The average Bonchev–Trinajstić information content (AvgIpc) is 2.72. The van der Waals surface area contributed by atoms with E-state index in [1.54, 1.807) is 54.7 Å². The standard InChI is InChI=1S/C21H21N3O3S/c1-17-8-7-10-19(14-17)24(28(26,27)20-11-3-2-4-12-20)16-21(25)23-15-18-9-5-6-13-22-18/h2-14H,15-16H2,1H3,(H,23,25). The molecule has 3 rings (SSSR count). The summed E-state index contributed by atoms with van der Waals surface area (Å²) in [6.45, 7) is 1.78. The number of anilines is 1. The molecule has 0 bridgehead atoms. The molecule has 3 aromatic rings. The molecule has 1 amide bonds. The molecule has 1 N–H and O–H groups in total. The maximum absolute atomic E-state index is 13.2. The summed E-state index contributed by atoms with van der Waals surface area (Å²) >= 11 is 0. The Morgan fingerprint density at radius 2 is 1.75 bits per heavy atom. The number of nitrogens with zero attached hydrogens (tertiary/aromatic N) is 2. The van der Waals surface area contributed by atoms with Gasteiger partial charge in [0.2, 0.25) is 5.91 Å². The second-order valence-electron chi connectivity index (χ2n) is 6.26. The van der Waals surface area contributed by atoms with Gasteiger partial charge in [-0.2, -0.15) is 0 Å². The zero-order valence-electron chi connectivity index (χ0n) is 15.4. The number of carbonyl (C=O) groups excluding carboxylic acids is 1. The summed E-state index contributed by atoms with van der Waals surface area (Å²) in [4.78, 5) is 16.8. The van der Waals surface area contributed by atoms with Gasteiger partial charge in [0, 0.05) is 6.20 Å². The average molecular weight is 395 g/mol. The van der Waals surface area contributed by atoms with E-state index in [0.29, 0.717) is 11.4 Å². The molecule has 144 valence electrons. The van der Waals surface area contributed by atoms with Gasteiger partial charge >= 0.3 is 0 Å². The summed E-state index contributed by atoms with van der Waals surface area (Å²) in [5, 5.41) is 2.73. The molecule has 0 saturated carbocycles. The molecule has 0 radical (unpaired) electrons. The van der Waals surface area contributed by atoms with E-state index in [1.807, 2.05) is 19.1 Å². The number of sulfonamides is 1. The van der Waals surface area contributed by atoms with Crippen molar-refractivity contribution in [3.63, 3.8) is 0 Å². The van der Waals surface area contributed by atoms with E-state index in [-0.39, 0.29) is 18.0 Å². The number of aromatic nitrogens is 1. The Balaban J connectivity index is 1.85. The molecular formula is C21H21N3O3S. The van der Waals surface area contributed by atoms with Gasteiger partial charge in [-0.15, -0.1) is 0 Å². The largest absolute Gasteiger partial charge is 0.349 e. The molecule has 0 spiro atoms. The van der Waals surface area contributed by atoms with Gasteiger partial charge in [-0.1, -0.05) is 36.4 Å². The highest BCUT2D eigenvalue weighted by molar-refractivity contribution is 7.92. The Morgan fingerprint density at radius 3 is 2.43 bits per heavy atom. The summed E-state index contributed by atoms with van der Waals surface area (Å²) in [5.41, 5.74) is 2.04. The van der Waals surface area contributed by atoms with Gasteiger partial charge in [0.15, 0.2) is 0 Å². The Morgan fingerprint density at radius 1 is 1.00 bits per heavy atom. The molecule has 0 saturated heterocycles. The lowest BCUT2D eigenvalue weighted by molar-refractivity contribution is -0.119. The zero-order valence-corrected chi connectivity index (χ0v) is 16.3. The molecule has 1 aromatic heterocycles. The van der Waals surface area contributed by atoms with E-state index in [0.717, 1.165) is 9.87 Å². The van der Waals surface area contributed by atoms with Crippen LogP contribution in [0.1, 0.15) is 11.3 Å². The number of benzene rings is 2. The van der Waals surface area contributed by atoms with Crippen LogP contribution in [0.3, 0.4) is 0 Å². The van der Waals surface area contributed by atoms with Crippen LogP contribution in [-0.2, 0) is 21.4 Å². The van der Waals surface area contributed by atoms with E-state index in [9.17, 15) is 13.2 Å². The lowest BCUT2D eigenvalue weighted by Gasteiger charge is -2.24. The molecule has 1 heterocycles. The van der Waals surface area contributed by atoms with Crippen molar-refractivity contribution in [1.29, 1.82) is 0 Å². The summed E-state index contributed by atoms with van der Waals surface area (Å²) < 4.78 is 27.5. The smallest absolute Gasteiger partial charge is 0.264 e. The van der Waals surface area contributed by atoms with Crippen molar-refractivity contribution < 1.29 is 13.2 Å². The fourth-order valence-corrected chi connectivity index (χ4v) is 4.13. The molecule has 0 fully saturated rings. The van der Waals surface area contributed by atoms with Crippen molar-refractivity contribution >= 4 is 21.6 Å². The van der Waals surface area contributed by atoms with Crippen molar-refractivity contribution in [3.8, 4) is 0 Å². The molecule has 0 aliphatic heterocycles. The molecule has 28 heavy (non-hydrogen) atoms. The second-order valence-corrected chi connectivity index (χ2v) is 8.12. The van der Waals surface area contributed by atoms with E-state index >= 15 is 0 Å². The SMILES string of the molecule is Cc1cccc(N(CC(=O)NCc2ccccn2)S(=O)(=O)c2ccccc2)c1. The normalized spacial score (nSPS) is 11.0. The Labute approximate surface area is 164 Å². The summed E-state index contributed by atoms with van der Waals surface area (Å²) in [5.74, 6) is -0.410. The Hall–Kier alpha value is -3.19. The summed E-state index contributed by atoms with van der Waals surface area (Å²) in [7, 11) is -3.89. The Bertz CT molecular complexity index is 1040. The van der Waals surface area contributed by atoms with Crippen LogP contribution < -0.4 is 9.62 Å². The minimum absolute atomic E-state index is 0.133. The van der Waals surface area contributed by atoms with Crippen LogP contribution in [0.4, 0.5) is 5.69 Å². The third-order valence-electron chi connectivity index (χ3n) is 4.10. The van der Waals surface area contributed by atoms with Crippen molar-refractivity contribution in [2.24, 2.45) is 0 Å². The highest BCUT2D eigenvalue weighted by Crippen LogP contribution is 2.24. The van der Waals surface area contributed by atoms with Crippen LogP contribution >= 0.6 is 0 Å². The molecule has 6 nitrogen and oxygen atoms in total. The lowest BCUT2D eigenvalue weighted by Crippen LogP contribution is -2.40. The number of rotatable bonds is 7. The van der Waals surface area contributed by atoms with Gasteiger partial charge in [0.1, 0.15) is 6.54 Å². The molecule has 0 atom stereocenters. The van der Waals surface area contributed by atoms with E-state index in [2.05, 4.69) is 10.3 Å². The second kappa shape index (κ2) is 8.67. The summed E-state index contributed by atoms with van der Waals surface area (Å²) in [6.07, 6.45) is 1.64. The van der Waals surface area contributed by atoms with E-state index in [1.165, 1.54) is 12.1 Å². The number of pyridine rings is 1. The van der Waals surface area contributed by atoms with Crippen LogP contribution in [0.2, 0.25) is 0 Å². The topological polar surface area (TPSA) is 79.4 Å². The fraction of sp³-hybridized carbons (Fsp3) is 0.143. The van der Waals surface area contributed by atoms with Crippen molar-refractivity contribution in [3.05, 3.63) is 90.3 Å². The number of hydrogen-bond donors (Lipinski definition) is 1. The number of nitrogens with one attached hydrogen (secondary N) is 1. The summed E-state index contributed by atoms with van der Waals surface area (Å²) in [6, 6.07) is 20.6. The van der Waals surface area contributed by atoms with Gasteiger partial charge in [-0.3, -0.25) is 14.1 Å². The van der Waals surface area contributed by atoms with Gasteiger partial charge < -0.3 is 5.32 Å². The number of carbonyl (C=O) groups is 1. The van der Waals surface area contributed by atoms with E-state index in [4.69, 9.17) is 0 Å². The Kier molecular flexibility index (Phi) is 6.06. The van der Waals surface area contributed by atoms with Crippen molar-refractivity contribution in [2.45, 2.75) is 18.4 Å². The highest BCUT2D eigenvalue weighted by Gasteiger charge is 2.27. The van der Waals surface area contributed by atoms with Crippen LogP contribution in [0.25, 0.3) is 0 Å². The van der Waals surface area contributed by atoms with Gasteiger partial charge in [0.25, 0.3) is 10.0 Å². The fourth-order valence-electron chi connectivity index (χ4n) is 2.70. The first kappa shape index (κ1) is 19.6. The highest BCUT2D eigenvalue weighted by atomic mass is 32.2. The lowest BCUT2D eigenvalue weighted by atomic mass is 10.2. The van der Waals surface area contributed by atoms with Gasteiger partial charge in [-0.05, 0) is 48.9 Å². The van der Waals surface area contributed by atoms with Crippen LogP contribution in [0.15, 0.2) is 83.9 Å². The first-order chi connectivity index (χ1) is 13.5. The van der Waals surface area contributed by atoms with Crippen LogP contribution in [0, 0.1) is 6.92 Å². The third-order valence-corrected chi connectivity index (χ3v) is 5.89. The third kappa shape index (κ3) is 4.75. The quantitative estimate of drug-likeness (QED) is 0.667. The molecule has 0 unspecified atom stereocenters. The molecular weight excluding hydrogens is 374 g/mol. The monoisotopic (exact) mass is 395 g/mol. The van der Waals surface area contributed by atoms with Crippen molar-refractivity contribution in [2.75, 3.05) is 10.8 Å². The minimum Gasteiger partial charge on any atom is -0.349 e. The van der Waals surface area contributed by atoms with Gasteiger partial charge in [0.05, 0.1) is 22.8 Å². The molecule has 0 aliphatic rings. The number of aryl methyl sites for hydroxylation is 1. The zero-order chi connectivity index (χ0) is 20.0. The maximum Gasteiger partial charge on any atom is 0.264 e. The first-order valence-corrected chi connectivity index (χ1v) is 10.2. The molecule has 7 heteroatoms. The maximum atomic E-state index is 13.2. The predicted molar refractivity (Wildman–Crippen MR) is 108 cm³/mol. The number of amides is 1. The van der Waals surface area contributed by atoms with Crippen molar-refractivity contribution in [1.82, 2.24) is 10.3 Å². The predicted octanol–water partition coefficient (Wildman–Crippen LogP) is 2.90. The van der Waals surface area contributed by atoms with Crippen LogP contribution in [-0.4, -0.2) is 25.9 Å². The number of hydrogen-bond acceptors (Lipinski definition) is 4. The molecule has 2 aromatic carbocycles. The van der Waals surface area contributed by atoms with E-state index < -0.39 is 15.9 Å². The molecule has 0 aliphatic carbocycles.